The third-order valence-electron chi connectivity index (χ3n) is 4.02. The summed E-state index contributed by atoms with van der Waals surface area (Å²) in [6, 6.07) is 4.13. The fourth-order valence-electron chi connectivity index (χ4n) is 2.78. The highest BCUT2D eigenvalue weighted by Crippen LogP contribution is 2.28. The molecule has 0 aromatic heterocycles. The lowest BCUT2D eigenvalue weighted by atomic mass is 9.93. The number of aliphatic hydroxyl groups is 1. The second-order valence-electron chi connectivity index (χ2n) is 5.84. The quantitative estimate of drug-likeness (QED) is 0.632. The molecule has 0 saturated carbocycles. The lowest BCUT2D eigenvalue weighted by Gasteiger charge is -2.33. The molecule has 2 atom stereocenters. The van der Waals surface area contributed by atoms with Crippen molar-refractivity contribution >= 4 is 28.9 Å². The van der Waals surface area contributed by atoms with E-state index in [2.05, 4.69) is 5.32 Å². The molecule has 1 aromatic carbocycles. The Morgan fingerprint density at radius 3 is 3.00 bits per heavy atom. The van der Waals surface area contributed by atoms with Gasteiger partial charge in [0.1, 0.15) is 5.69 Å². The first-order valence-corrected chi connectivity index (χ1v) is 7.89. The van der Waals surface area contributed by atoms with Crippen LogP contribution in [0.2, 0.25) is 5.02 Å². The summed E-state index contributed by atoms with van der Waals surface area (Å²) >= 11 is 5.75. The van der Waals surface area contributed by atoms with Gasteiger partial charge in [0, 0.05) is 17.6 Å². The van der Waals surface area contributed by atoms with Crippen LogP contribution in [0.15, 0.2) is 18.2 Å². The zero-order valence-corrected chi connectivity index (χ0v) is 13.6. The lowest BCUT2D eigenvalue weighted by Crippen LogP contribution is -2.43. The molecule has 0 radical (unpaired) electrons. The number of nitrogens with one attached hydrogen (secondary N) is 1. The van der Waals surface area contributed by atoms with E-state index in [0.29, 0.717) is 6.54 Å². The molecule has 0 bridgehead atoms. The molecular weight excluding hydrogens is 322 g/mol. The van der Waals surface area contributed by atoms with Crippen molar-refractivity contribution in [1.29, 1.82) is 0 Å². The molecule has 1 amide bonds. The summed E-state index contributed by atoms with van der Waals surface area (Å²) in [7, 11) is 0. The zero-order valence-electron chi connectivity index (χ0n) is 12.9. The largest absolute Gasteiger partial charge is 0.393 e. The number of aliphatic hydroxyl groups excluding tert-OH is 1. The molecular formula is C15H20ClN3O4. The van der Waals surface area contributed by atoms with Crippen LogP contribution in [0.3, 0.4) is 0 Å². The number of hydrogen-bond donors (Lipinski definition) is 2. The number of rotatable bonds is 5. The molecule has 0 spiro atoms. The summed E-state index contributed by atoms with van der Waals surface area (Å²) < 4.78 is 0. The Hall–Kier alpha value is -1.70. The molecule has 7 nitrogen and oxygen atoms in total. The van der Waals surface area contributed by atoms with Crippen molar-refractivity contribution in [1.82, 2.24) is 4.90 Å². The van der Waals surface area contributed by atoms with Crippen LogP contribution in [-0.4, -0.2) is 46.6 Å². The van der Waals surface area contributed by atoms with Crippen LogP contribution in [0.1, 0.15) is 19.8 Å². The predicted octanol–water partition coefficient (Wildman–Crippen LogP) is 2.28. The minimum Gasteiger partial charge on any atom is -0.393 e. The van der Waals surface area contributed by atoms with E-state index < -0.39 is 11.0 Å². The first-order valence-electron chi connectivity index (χ1n) is 7.51. The second-order valence-corrected chi connectivity index (χ2v) is 6.28. The highest BCUT2D eigenvalue weighted by molar-refractivity contribution is 6.31. The average molecular weight is 342 g/mol. The predicted molar refractivity (Wildman–Crippen MR) is 87.6 cm³/mol. The van der Waals surface area contributed by atoms with Crippen molar-refractivity contribution in [2.24, 2.45) is 5.92 Å². The van der Waals surface area contributed by atoms with Gasteiger partial charge in [-0.2, -0.15) is 0 Å². The normalized spacial score (nSPS) is 20.0. The number of nitro benzene ring substituents is 1. The van der Waals surface area contributed by atoms with E-state index in [0.717, 1.165) is 19.4 Å². The Balaban J connectivity index is 1.99. The van der Waals surface area contributed by atoms with Crippen LogP contribution >= 0.6 is 11.6 Å². The van der Waals surface area contributed by atoms with E-state index in [1.54, 1.807) is 6.92 Å². The van der Waals surface area contributed by atoms with Crippen LogP contribution in [0.5, 0.6) is 0 Å². The van der Waals surface area contributed by atoms with Crippen LogP contribution in [0, 0.1) is 16.0 Å². The summed E-state index contributed by atoms with van der Waals surface area (Å²) in [5, 5.41) is 23.5. The molecule has 8 heteroatoms. The third kappa shape index (κ3) is 4.89. The van der Waals surface area contributed by atoms with Gasteiger partial charge in [-0.05, 0) is 44.4 Å². The Kier molecular flexibility index (Phi) is 5.92. The van der Waals surface area contributed by atoms with Gasteiger partial charge in [-0.25, -0.2) is 0 Å². The molecule has 1 heterocycles. The Labute approximate surface area is 139 Å². The SMILES string of the molecule is CC(O)C1CCCN(CC(=O)Nc2ccc(Cl)cc2[N+](=O)[O-])C1. The Morgan fingerprint density at radius 1 is 1.61 bits per heavy atom. The van der Waals surface area contributed by atoms with Gasteiger partial charge in [-0.1, -0.05) is 11.6 Å². The molecule has 2 unspecified atom stereocenters. The van der Waals surface area contributed by atoms with Crippen molar-refractivity contribution in [3.05, 3.63) is 33.3 Å². The Morgan fingerprint density at radius 2 is 2.35 bits per heavy atom. The highest BCUT2D eigenvalue weighted by atomic mass is 35.5. The molecule has 23 heavy (non-hydrogen) atoms. The first kappa shape index (κ1) is 17.7. The molecule has 1 aliphatic heterocycles. The van der Waals surface area contributed by atoms with Crippen LogP contribution < -0.4 is 5.32 Å². The van der Waals surface area contributed by atoms with Crippen molar-refractivity contribution < 1.29 is 14.8 Å². The number of halogens is 1. The number of benzene rings is 1. The van der Waals surface area contributed by atoms with Crippen molar-refractivity contribution in [2.75, 3.05) is 25.0 Å². The fraction of sp³-hybridized carbons (Fsp3) is 0.533. The molecule has 1 aromatic rings. The average Bonchev–Trinajstić information content (AvgIpc) is 2.49. The number of amides is 1. The minimum atomic E-state index is -0.578. The van der Waals surface area contributed by atoms with E-state index in [1.807, 2.05) is 4.90 Å². The van der Waals surface area contributed by atoms with Gasteiger partial charge in [-0.15, -0.1) is 0 Å². The van der Waals surface area contributed by atoms with Gasteiger partial charge in [0.2, 0.25) is 5.91 Å². The van der Waals surface area contributed by atoms with Gasteiger partial charge in [-0.3, -0.25) is 19.8 Å². The lowest BCUT2D eigenvalue weighted by molar-refractivity contribution is -0.383. The first-order chi connectivity index (χ1) is 10.9. The van der Waals surface area contributed by atoms with Gasteiger partial charge in [0.05, 0.1) is 17.6 Å². The van der Waals surface area contributed by atoms with E-state index in [4.69, 9.17) is 11.6 Å². The highest BCUT2D eigenvalue weighted by Gasteiger charge is 2.25. The summed E-state index contributed by atoms with van der Waals surface area (Å²) in [5.41, 5.74) is -0.0974. The number of carbonyl (C=O) groups is 1. The maximum Gasteiger partial charge on any atom is 0.294 e. The van der Waals surface area contributed by atoms with Crippen LogP contribution in [-0.2, 0) is 4.79 Å². The third-order valence-corrected chi connectivity index (χ3v) is 4.26. The standard InChI is InChI=1S/C15H20ClN3O4/c1-10(20)11-3-2-6-18(8-11)9-15(21)17-13-5-4-12(16)7-14(13)19(22)23/h4-5,7,10-11,20H,2-3,6,8-9H2,1H3,(H,17,21). The molecule has 2 N–H and O–H groups in total. The molecule has 0 aliphatic carbocycles. The van der Waals surface area contributed by atoms with Crippen LogP contribution in [0.4, 0.5) is 11.4 Å². The number of carbonyl (C=O) groups excluding carboxylic acids is 1. The van der Waals surface area contributed by atoms with E-state index >= 15 is 0 Å². The molecule has 1 fully saturated rings. The number of likely N-dealkylation sites (tertiary alicyclic amines) is 1. The fourth-order valence-corrected chi connectivity index (χ4v) is 2.95. The molecule has 126 valence electrons. The topological polar surface area (TPSA) is 95.7 Å². The second kappa shape index (κ2) is 7.72. The molecule has 2 rings (SSSR count). The zero-order chi connectivity index (χ0) is 17.0. The summed E-state index contributed by atoms with van der Waals surface area (Å²) in [6.07, 6.45) is 1.46. The van der Waals surface area contributed by atoms with Crippen molar-refractivity contribution in [2.45, 2.75) is 25.9 Å². The summed E-state index contributed by atoms with van der Waals surface area (Å²) in [4.78, 5) is 24.5. The number of hydrogen-bond acceptors (Lipinski definition) is 5. The molecule has 1 aliphatic rings. The smallest absolute Gasteiger partial charge is 0.294 e. The summed E-state index contributed by atoms with van der Waals surface area (Å²) in [6.45, 7) is 3.32. The van der Waals surface area contributed by atoms with Crippen LogP contribution in [0.25, 0.3) is 0 Å². The number of piperidine rings is 1. The summed E-state index contributed by atoms with van der Waals surface area (Å²) in [5.74, 6) is -0.164. The Bertz CT molecular complexity index is 594. The number of nitrogens with zero attached hydrogens (tertiary/aromatic N) is 2. The van der Waals surface area contributed by atoms with E-state index in [9.17, 15) is 20.0 Å². The maximum atomic E-state index is 12.1. The number of anilines is 1. The van der Waals surface area contributed by atoms with Gasteiger partial charge >= 0.3 is 0 Å². The monoisotopic (exact) mass is 341 g/mol. The van der Waals surface area contributed by atoms with E-state index in [-0.39, 0.29) is 34.8 Å². The maximum absolute atomic E-state index is 12.1. The van der Waals surface area contributed by atoms with Crippen molar-refractivity contribution in [3.63, 3.8) is 0 Å². The van der Waals surface area contributed by atoms with E-state index in [1.165, 1.54) is 18.2 Å². The van der Waals surface area contributed by atoms with Crippen molar-refractivity contribution in [3.8, 4) is 0 Å². The number of nitro groups is 1. The van der Waals surface area contributed by atoms with Gasteiger partial charge < -0.3 is 10.4 Å². The van der Waals surface area contributed by atoms with Gasteiger partial charge in [0.15, 0.2) is 0 Å². The molecule has 1 saturated heterocycles. The minimum absolute atomic E-state index is 0.133. The van der Waals surface area contributed by atoms with Gasteiger partial charge in [0.25, 0.3) is 5.69 Å².